The van der Waals surface area contributed by atoms with Gasteiger partial charge in [-0.05, 0) is 43.2 Å². The van der Waals surface area contributed by atoms with E-state index in [-0.39, 0.29) is 17.7 Å². The minimum absolute atomic E-state index is 0.104. The third-order valence-corrected chi connectivity index (χ3v) is 6.62. The minimum Gasteiger partial charge on any atom is -0.487 e. The minimum atomic E-state index is -0.289. The van der Waals surface area contributed by atoms with Crippen molar-refractivity contribution in [1.82, 2.24) is 14.8 Å². The van der Waals surface area contributed by atoms with Crippen molar-refractivity contribution in [3.63, 3.8) is 0 Å². The Morgan fingerprint density at radius 2 is 1.93 bits per heavy atom. The number of hydrogen-bond donors (Lipinski definition) is 1. The van der Waals surface area contributed by atoms with Gasteiger partial charge in [-0.25, -0.2) is 4.98 Å². The van der Waals surface area contributed by atoms with E-state index >= 15 is 0 Å². The molecule has 2 fully saturated rings. The number of nitrogens with zero attached hydrogens (tertiary/aromatic N) is 4. The first-order chi connectivity index (χ1) is 14.5. The number of likely N-dealkylation sites (tertiary alicyclic amines) is 1. The first-order valence-corrected chi connectivity index (χ1v) is 11.1. The molecule has 3 aliphatic heterocycles. The van der Waals surface area contributed by atoms with Crippen LogP contribution in [0.1, 0.15) is 25.0 Å². The molecule has 0 spiro atoms. The lowest BCUT2D eigenvalue weighted by Gasteiger charge is -2.39. The Morgan fingerprint density at radius 1 is 1.10 bits per heavy atom. The van der Waals surface area contributed by atoms with Gasteiger partial charge in [0.2, 0.25) is 0 Å². The zero-order chi connectivity index (χ0) is 20.7. The normalized spacial score (nSPS) is 26.6. The number of rotatable bonds is 4. The van der Waals surface area contributed by atoms with Gasteiger partial charge in [0.05, 0.1) is 6.10 Å². The van der Waals surface area contributed by atoms with Crippen molar-refractivity contribution in [3.8, 4) is 5.75 Å². The van der Waals surface area contributed by atoms with E-state index in [1.54, 1.807) is 0 Å². The molecule has 2 atom stereocenters. The van der Waals surface area contributed by atoms with E-state index in [1.807, 2.05) is 18.3 Å². The van der Waals surface area contributed by atoms with Gasteiger partial charge in [-0.15, -0.1) is 0 Å². The van der Waals surface area contributed by atoms with Gasteiger partial charge in [0.1, 0.15) is 17.2 Å². The second-order valence-corrected chi connectivity index (χ2v) is 9.52. The monoisotopic (exact) mass is 408 g/mol. The number of aliphatic hydroxyl groups excluding tert-OH is 1. The maximum Gasteiger partial charge on any atom is 0.128 e. The second-order valence-electron chi connectivity index (χ2n) is 9.52. The number of anilines is 1. The lowest BCUT2D eigenvalue weighted by molar-refractivity contribution is 0.0790. The molecule has 0 saturated carbocycles. The number of pyridine rings is 1. The highest BCUT2D eigenvalue weighted by atomic mass is 16.5. The molecule has 6 heteroatoms. The molecule has 3 aliphatic rings. The molecule has 0 radical (unpaired) electrons. The number of aromatic nitrogens is 1. The van der Waals surface area contributed by atoms with E-state index in [0.29, 0.717) is 0 Å². The molecule has 0 amide bonds. The topological polar surface area (TPSA) is 52.1 Å². The molecule has 6 nitrogen and oxygen atoms in total. The van der Waals surface area contributed by atoms with Gasteiger partial charge in [-0.2, -0.15) is 0 Å². The van der Waals surface area contributed by atoms with Crippen LogP contribution in [0.3, 0.4) is 0 Å². The van der Waals surface area contributed by atoms with Gasteiger partial charge in [0.15, 0.2) is 0 Å². The summed E-state index contributed by atoms with van der Waals surface area (Å²) in [5, 5.41) is 10.8. The van der Waals surface area contributed by atoms with Crippen molar-refractivity contribution in [2.45, 2.75) is 44.6 Å². The predicted octanol–water partition coefficient (Wildman–Crippen LogP) is 2.16. The number of benzene rings is 1. The summed E-state index contributed by atoms with van der Waals surface area (Å²) < 4.78 is 6.00. The number of β-amino-alcohol motifs (C(OH)–C–C–N with tert-alkyl or cyclic N) is 1. The molecule has 4 heterocycles. The van der Waals surface area contributed by atoms with E-state index < -0.39 is 0 Å². The van der Waals surface area contributed by atoms with E-state index in [1.165, 1.54) is 11.1 Å². The molecule has 1 aromatic carbocycles. The summed E-state index contributed by atoms with van der Waals surface area (Å²) in [4.78, 5) is 11.7. The van der Waals surface area contributed by atoms with Gasteiger partial charge in [-0.3, -0.25) is 9.80 Å². The van der Waals surface area contributed by atoms with Gasteiger partial charge < -0.3 is 14.7 Å². The molecular formula is C24H32N4O2. The molecule has 2 saturated heterocycles. The fourth-order valence-corrected chi connectivity index (χ4v) is 5.18. The van der Waals surface area contributed by atoms with Crippen molar-refractivity contribution in [3.05, 3.63) is 53.7 Å². The van der Waals surface area contributed by atoms with E-state index in [0.717, 1.165) is 63.8 Å². The number of aliphatic hydroxyl groups is 1. The van der Waals surface area contributed by atoms with E-state index in [2.05, 4.69) is 57.8 Å². The van der Waals surface area contributed by atoms with Crippen molar-refractivity contribution in [2.75, 3.05) is 44.2 Å². The standard InChI is InChI=1S/C24H32N4O2/c1-24(2)14-19-13-18(6-7-22(19)30-24)15-26-16-20(21(29)17-26)27-9-11-28(12-10-27)23-5-3-4-8-25-23/h3-8,13,20-21,29H,9-12,14-17H2,1-2H3/t20-,21-/m0/s1. The quantitative estimate of drug-likeness (QED) is 0.837. The van der Waals surface area contributed by atoms with Gasteiger partial charge in [-0.1, -0.05) is 18.2 Å². The molecule has 5 rings (SSSR count). The molecule has 1 N–H and O–H groups in total. The zero-order valence-electron chi connectivity index (χ0n) is 18.0. The highest BCUT2D eigenvalue weighted by Crippen LogP contribution is 2.35. The van der Waals surface area contributed by atoms with Crippen LogP contribution in [0.2, 0.25) is 0 Å². The lowest BCUT2D eigenvalue weighted by atomic mass is 10.00. The fraction of sp³-hybridized carbons (Fsp3) is 0.542. The number of hydrogen-bond acceptors (Lipinski definition) is 6. The second kappa shape index (κ2) is 7.84. The Hall–Kier alpha value is -2.15. The van der Waals surface area contributed by atoms with E-state index in [4.69, 9.17) is 4.74 Å². The molecule has 30 heavy (non-hydrogen) atoms. The van der Waals surface area contributed by atoms with Crippen LogP contribution in [0.25, 0.3) is 0 Å². The summed E-state index contributed by atoms with van der Waals surface area (Å²) >= 11 is 0. The van der Waals surface area contributed by atoms with Crippen LogP contribution in [0.15, 0.2) is 42.6 Å². The third-order valence-electron chi connectivity index (χ3n) is 6.62. The molecule has 0 bridgehead atoms. The van der Waals surface area contributed by atoms with Crippen molar-refractivity contribution in [2.24, 2.45) is 0 Å². The smallest absolute Gasteiger partial charge is 0.128 e. The SMILES string of the molecule is CC1(C)Cc2cc(CN3C[C@H](O)[C@@H](N4CCN(c5ccccn5)CC4)C3)ccc2O1. The molecule has 160 valence electrons. The van der Waals surface area contributed by atoms with Gasteiger partial charge in [0, 0.05) is 64.5 Å². The van der Waals surface area contributed by atoms with Crippen LogP contribution in [0.5, 0.6) is 5.75 Å². The maximum absolute atomic E-state index is 10.8. The first-order valence-electron chi connectivity index (χ1n) is 11.1. The molecule has 2 aromatic rings. The summed E-state index contributed by atoms with van der Waals surface area (Å²) in [7, 11) is 0. The summed E-state index contributed by atoms with van der Waals surface area (Å²) in [6, 6.07) is 12.9. The van der Waals surface area contributed by atoms with Crippen LogP contribution in [0.4, 0.5) is 5.82 Å². The van der Waals surface area contributed by atoms with Crippen molar-refractivity contribution < 1.29 is 9.84 Å². The molecule has 0 unspecified atom stereocenters. The lowest BCUT2D eigenvalue weighted by Crippen LogP contribution is -2.53. The number of piperazine rings is 1. The predicted molar refractivity (Wildman–Crippen MR) is 118 cm³/mol. The Morgan fingerprint density at radius 3 is 2.70 bits per heavy atom. The van der Waals surface area contributed by atoms with Crippen LogP contribution >= 0.6 is 0 Å². The summed E-state index contributed by atoms with van der Waals surface area (Å²) in [5.74, 6) is 2.07. The van der Waals surface area contributed by atoms with Crippen molar-refractivity contribution >= 4 is 5.82 Å². The number of ether oxygens (including phenoxy) is 1. The highest BCUT2D eigenvalue weighted by Gasteiger charge is 2.37. The molecule has 1 aromatic heterocycles. The number of fused-ring (bicyclic) bond motifs is 1. The summed E-state index contributed by atoms with van der Waals surface area (Å²) in [6.45, 7) is 10.7. The van der Waals surface area contributed by atoms with Gasteiger partial charge in [0.25, 0.3) is 0 Å². The third kappa shape index (κ3) is 4.04. The fourth-order valence-electron chi connectivity index (χ4n) is 5.18. The van der Waals surface area contributed by atoms with Crippen molar-refractivity contribution in [1.29, 1.82) is 0 Å². The Bertz CT molecular complexity index is 880. The van der Waals surface area contributed by atoms with Crippen LogP contribution in [-0.2, 0) is 13.0 Å². The first kappa shape index (κ1) is 19.8. The average Bonchev–Trinajstić information content (AvgIpc) is 3.25. The highest BCUT2D eigenvalue weighted by molar-refractivity contribution is 5.42. The Kier molecular flexibility index (Phi) is 5.17. The van der Waals surface area contributed by atoms with Crippen LogP contribution in [0, 0.1) is 0 Å². The van der Waals surface area contributed by atoms with E-state index in [9.17, 15) is 5.11 Å². The maximum atomic E-state index is 10.8. The average molecular weight is 409 g/mol. The summed E-state index contributed by atoms with van der Waals surface area (Å²) in [6.07, 6.45) is 2.53. The van der Waals surface area contributed by atoms with Gasteiger partial charge >= 0.3 is 0 Å². The summed E-state index contributed by atoms with van der Waals surface area (Å²) in [5.41, 5.74) is 2.51. The zero-order valence-corrected chi connectivity index (χ0v) is 18.0. The van der Waals surface area contributed by atoms with Crippen LogP contribution < -0.4 is 9.64 Å². The largest absolute Gasteiger partial charge is 0.487 e. The Balaban J connectivity index is 1.17. The molecule has 0 aliphatic carbocycles. The van der Waals surface area contributed by atoms with Crippen LogP contribution in [-0.4, -0.2) is 76.9 Å². The Labute approximate surface area is 179 Å². The molecular weight excluding hydrogens is 376 g/mol.